The van der Waals surface area contributed by atoms with Crippen molar-refractivity contribution in [3.8, 4) is 11.5 Å². The molecule has 0 aliphatic carbocycles. The molecular weight excluding hydrogens is 450 g/mol. The number of hydrogen-bond donors (Lipinski definition) is 2. The van der Waals surface area contributed by atoms with E-state index in [4.69, 9.17) is 9.94 Å². The number of nitro benzene ring substituents is 5. The van der Waals surface area contributed by atoms with Crippen LogP contribution in [0.5, 0.6) is 11.5 Å². The molecule has 0 fully saturated rings. The van der Waals surface area contributed by atoms with Gasteiger partial charge in [0, 0.05) is 0 Å². The summed E-state index contributed by atoms with van der Waals surface area (Å²) in [7, 11) is 0. The Morgan fingerprint density at radius 2 is 0.844 bits per heavy atom. The van der Waals surface area contributed by atoms with E-state index in [1.165, 1.54) is 0 Å². The van der Waals surface area contributed by atoms with Crippen LogP contribution >= 0.6 is 0 Å². The molecule has 0 aliphatic rings. The van der Waals surface area contributed by atoms with Crippen molar-refractivity contribution in [1.82, 2.24) is 6.15 Å². The number of benzene rings is 2. The Morgan fingerprint density at radius 3 is 1.06 bits per heavy atom. The molecule has 20 heteroatoms. The Labute approximate surface area is 172 Å². The van der Waals surface area contributed by atoms with Crippen molar-refractivity contribution in [2.24, 2.45) is 0 Å². The Balaban J connectivity index is 0.00000512. The molecule has 0 atom stereocenters. The number of non-ortho nitro benzene ring substituents is 1. The first kappa shape index (κ1) is 24.6. The number of nitrogens with zero attached hydrogens (tertiary/aromatic N) is 6. The highest BCUT2D eigenvalue weighted by molar-refractivity contribution is 5.71. The predicted molar refractivity (Wildman–Crippen MR) is 96.3 cm³/mol. The SMILES string of the molecule is N.O=[N+]([O-])c1cc([N+](=O)[O-])c(Oc2c([N+](=O)[O-])cc([N+](=O)O)cc2[N+](=O)[O-])c([N+](=O)[O-])c1. The van der Waals surface area contributed by atoms with Gasteiger partial charge in [-0.3, -0.25) is 50.6 Å². The van der Waals surface area contributed by atoms with Crippen LogP contribution in [0.3, 0.4) is 0 Å². The van der Waals surface area contributed by atoms with E-state index in [9.17, 15) is 55.5 Å². The van der Waals surface area contributed by atoms with Gasteiger partial charge in [-0.1, -0.05) is 0 Å². The minimum absolute atomic E-state index is 0. The largest absolute Gasteiger partial charge is 0.430 e. The van der Waals surface area contributed by atoms with Crippen molar-refractivity contribution in [2.45, 2.75) is 0 Å². The Bertz CT molecular complexity index is 1030. The van der Waals surface area contributed by atoms with Crippen LogP contribution in [0, 0.1) is 55.5 Å². The Hall–Kier alpha value is -5.40. The summed E-state index contributed by atoms with van der Waals surface area (Å²) in [5, 5.41) is 64.9. The number of ether oxygens (including phenoxy) is 1. The van der Waals surface area contributed by atoms with Crippen LogP contribution in [0.4, 0.5) is 34.1 Å². The first-order valence-electron chi connectivity index (χ1n) is 7.27. The van der Waals surface area contributed by atoms with Gasteiger partial charge in [0.25, 0.3) is 22.1 Å². The third-order valence-electron chi connectivity index (χ3n) is 3.49. The van der Waals surface area contributed by atoms with E-state index in [2.05, 4.69) is 0 Å². The molecule has 0 aliphatic heterocycles. The van der Waals surface area contributed by atoms with Gasteiger partial charge >= 0.3 is 28.4 Å². The molecule has 0 aromatic heterocycles. The molecule has 0 saturated heterocycles. The average Bonchev–Trinajstić information content (AvgIpc) is 2.66. The van der Waals surface area contributed by atoms with Crippen LogP contribution in [0.25, 0.3) is 0 Å². The molecule has 2 aromatic rings. The molecule has 0 radical (unpaired) electrons. The van der Waals surface area contributed by atoms with Crippen LogP contribution in [-0.2, 0) is 0 Å². The summed E-state index contributed by atoms with van der Waals surface area (Å²) in [6.07, 6.45) is 0. The highest BCUT2D eigenvalue weighted by Crippen LogP contribution is 2.48. The van der Waals surface area contributed by atoms with Gasteiger partial charge in [-0.25, -0.2) is 5.21 Å². The topological polar surface area (TPSA) is 300 Å². The lowest BCUT2D eigenvalue weighted by Gasteiger charge is -2.08. The second-order valence-corrected chi connectivity index (χ2v) is 5.29. The van der Waals surface area contributed by atoms with Crippen molar-refractivity contribution >= 4 is 34.1 Å². The van der Waals surface area contributed by atoms with Crippen molar-refractivity contribution in [2.75, 3.05) is 0 Å². The molecular formula is C12H8N7O13+. The summed E-state index contributed by atoms with van der Waals surface area (Å²) in [6, 6.07) is 1.06. The molecule has 168 valence electrons. The molecule has 4 N–H and O–H groups in total. The first-order valence-corrected chi connectivity index (χ1v) is 7.27. The quantitative estimate of drug-likeness (QED) is 0.424. The molecule has 0 heterocycles. The lowest BCUT2D eigenvalue weighted by Crippen LogP contribution is -2.05. The van der Waals surface area contributed by atoms with Crippen molar-refractivity contribution in [3.05, 3.63) is 79.7 Å². The number of nitro groups is 5. The minimum Gasteiger partial charge on any atom is -0.430 e. The monoisotopic (exact) mass is 458 g/mol. The third kappa shape index (κ3) is 4.60. The van der Waals surface area contributed by atoms with Gasteiger partial charge in [0.15, 0.2) is 0 Å². The number of rotatable bonds is 8. The molecule has 20 nitrogen and oxygen atoms in total. The maximum atomic E-state index is 11.3. The Morgan fingerprint density at radius 1 is 0.562 bits per heavy atom. The average molecular weight is 458 g/mol. The van der Waals surface area contributed by atoms with Crippen molar-refractivity contribution in [1.29, 1.82) is 0 Å². The van der Waals surface area contributed by atoms with Crippen LogP contribution in [0.15, 0.2) is 24.3 Å². The fourth-order valence-corrected chi connectivity index (χ4v) is 2.24. The maximum Gasteiger partial charge on any atom is 0.330 e. The third-order valence-corrected chi connectivity index (χ3v) is 3.49. The zero-order valence-electron chi connectivity index (χ0n) is 15.0. The molecule has 0 unspecified atom stereocenters. The molecule has 0 bridgehead atoms. The van der Waals surface area contributed by atoms with E-state index in [1.54, 1.807) is 0 Å². The zero-order chi connectivity index (χ0) is 23.6. The summed E-state index contributed by atoms with van der Waals surface area (Å²) in [4.78, 5) is 59.5. The van der Waals surface area contributed by atoms with Gasteiger partial charge < -0.3 is 10.9 Å². The summed E-state index contributed by atoms with van der Waals surface area (Å²) in [5.41, 5.74) is -7.66. The van der Waals surface area contributed by atoms with Gasteiger partial charge in [0.1, 0.15) is 12.1 Å². The molecule has 32 heavy (non-hydrogen) atoms. The van der Waals surface area contributed by atoms with Gasteiger partial charge in [0.05, 0.1) is 41.7 Å². The second-order valence-electron chi connectivity index (χ2n) is 5.29. The van der Waals surface area contributed by atoms with Crippen molar-refractivity contribution < 1.29 is 39.5 Å². The lowest BCUT2D eigenvalue weighted by molar-refractivity contribution is -0.730. The molecule has 2 rings (SSSR count). The number of hydrogen-bond acceptors (Lipinski definition) is 13. The zero-order valence-corrected chi connectivity index (χ0v) is 15.0. The lowest BCUT2D eigenvalue weighted by atomic mass is 10.2. The molecule has 0 saturated carbocycles. The highest BCUT2D eigenvalue weighted by atomic mass is 16.7. The minimum atomic E-state index is -1.40. The van der Waals surface area contributed by atoms with E-state index in [-0.39, 0.29) is 18.3 Å². The second kappa shape index (κ2) is 8.95. The maximum absolute atomic E-state index is 11.3. The standard InChI is InChI=1S/C12H5N6O13.H3N/c19-13(20)5-1-7(15(23)24)11(8(2-5)16(25)26)31-12-9(17(27)28)3-6(14(21)22)4-10(12)18(29)30;/h1-4H,(H,19,20);1H3/q+1;. The summed E-state index contributed by atoms with van der Waals surface area (Å²) in [5.74, 6) is -2.76. The van der Waals surface area contributed by atoms with Crippen LogP contribution in [0.1, 0.15) is 0 Å². The van der Waals surface area contributed by atoms with Gasteiger partial charge in [-0.05, 0) is 0 Å². The van der Waals surface area contributed by atoms with Crippen LogP contribution < -0.4 is 10.9 Å². The fourth-order valence-electron chi connectivity index (χ4n) is 2.24. The van der Waals surface area contributed by atoms with Gasteiger partial charge in [-0.15, -0.1) is 0 Å². The molecule has 0 amide bonds. The summed E-state index contributed by atoms with van der Waals surface area (Å²) in [6.45, 7) is 0. The Kier molecular flexibility index (Phi) is 6.89. The fraction of sp³-hybridized carbons (Fsp3) is 0. The predicted octanol–water partition coefficient (Wildman–Crippen LogP) is 2.98. The molecule has 2 aromatic carbocycles. The van der Waals surface area contributed by atoms with Crippen LogP contribution in [0.2, 0.25) is 0 Å². The normalized spacial score (nSPS) is 9.88. The summed E-state index contributed by atoms with van der Waals surface area (Å²) < 4.78 is 4.83. The van der Waals surface area contributed by atoms with Crippen LogP contribution in [-0.4, -0.2) is 34.7 Å². The highest BCUT2D eigenvalue weighted by Gasteiger charge is 2.39. The van der Waals surface area contributed by atoms with E-state index in [1.807, 2.05) is 0 Å². The smallest absolute Gasteiger partial charge is 0.330 e. The molecule has 0 spiro atoms. The van der Waals surface area contributed by atoms with Crippen molar-refractivity contribution in [3.63, 3.8) is 0 Å². The first-order chi connectivity index (χ1) is 14.3. The summed E-state index contributed by atoms with van der Waals surface area (Å²) >= 11 is 0. The van der Waals surface area contributed by atoms with E-state index >= 15 is 0 Å². The van der Waals surface area contributed by atoms with E-state index in [0.717, 1.165) is 0 Å². The van der Waals surface area contributed by atoms with E-state index < -0.39 is 75.2 Å². The van der Waals surface area contributed by atoms with E-state index in [0.29, 0.717) is 12.1 Å². The van der Waals surface area contributed by atoms with Gasteiger partial charge in [0.2, 0.25) is 0 Å². The van der Waals surface area contributed by atoms with Gasteiger partial charge in [-0.2, -0.15) is 0 Å².